The summed E-state index contributed by atoms with van der Waals surface area (Å²) in [5.41, 5.74) is 1.07. The van der Waals surface area contributed by atoms with Gasteiger partial charge in [-0.05, 0) is 17.7 Å². The van der Waals surface area contributed by atoms with E-state index < -0.39 is 0 Å². The van der Waals surface area contributed by atoms with Crippen LogP contribution in [-0.4, -0.2) is 45.3 Å². The number of benzene rings is 1. The van der Waals surface area contributed by atoms with Gasteiger partial charge in [-0.3, -0.25) is 4.90 Å². The van der Waals surface area contributed by atoms with Gasteiger partial charge in [0.05, 0.1) is 26.7 Å². The Labute approximate surface area is 120 Å². The first-order chi connectivity index (χ1) is 9.78. The molecule has 1 aromatic carbocycles. The molecular formula is C15H21N3O2. The van der Waals surface area contributed by atoms with Crippen molar-refractivity contribution < 1.29 is 9.47 Å². The Morgan fingerprint density at radius 3 is 2.30 bits per heavy atom. The van der Waals surface area contributed by atoms with Crippen LogP contribution in [0.15, 0.2) is 18.2 Å². The van der Waals surface area contributed by atoms with E-state index in [9.17, 15) is 0 Å². The first-order valence-corrected chi connectivity index (χ1v) is 6.83. The molecule has 0 saturated carbocycles. The maximum absolute atomic E-state index is 9.13. The first kappa shape index (κ1) is 14.6. The zero-order chi connectivity index (χ0) is 14.4. The lowest BCUT2D eigenvalue weighted by Gasteiger charge is -2.34. The van der Waals surface area contributed by atoms with Crippen LogP contribution in [0, 0.1) is 11.3 Å². The third-order valence-corrected chi connectivity index (χ3v) is 3.64. The van der Waals surface area contributed by atoms with Crippen molar-refractivity contribution in [3.63, 3.8) is 0 Å². The predicted octanol–water partition coefficient (Wildman–Crippen LogP) is 1.56. The van der Waals surface area contributed by atoms with Crippen LogP contribution in [0.2, 0.25) is 0 Å². The summed E-state index contributed by atoms with van der Waals surface area (Å²) >= 11 is 0. The summed E-state index contributed by atoms with van der Waals surface area (Å²) in [6.45, 7) is 3.82. The molecule has 2 rings (SSSR count). The van der Waals surface area contributed by atoms with E-state index in [0.29, 0.717) is 6.42 Å². The molecule has 5 nitrogen and oxygen atoms in total. The van der Waals surface area contributed by atoms with E-state index in [-0.39, 0.29) is 6.04 Å². The molecule has 0 bridgehead atoms. The Kier molecular flexibility index (Phi) is 5.22. The molecular weight excluding hydrogens is 254 g/mol. The second-order valence-electron chi connectivity index (χ2n) is 4.81. The van der Waals surface area contributed by atoms with Gasteiger partial charge in [0.1, 0.15) is 11.5 Å². The minimum Gasteiger partial charge on any atom is -0.497 e. The van der Waals surface area contributed by atoms with Crippen LogP contribution >= 0.6 is 0 Å². The van der Waals surface area contributed by atoms with Crippen molar-refractivity contribution in [2.75, 3.05) is 40.4 Å². The maximum Gasteiger partial charge on any atom is 0.122 e. The van der Waals surface area contributed by atoms with E-state index in [0.717, 1.165) is 43.2 Å². The van der Waals surface area contributed by atoms with Gasteiger partial charge in [-0.2, -0.15) is 5.26 Å². The van der Waals surface area contributed by atoms with Crippen LogP contribution in [0.1, 0.15) is 18.0 Å². The lowest BCUT2D eigenvalue weighted by Crippen LogP contribution is -2.45. The number of nitriles is 1. The van der Waals surface area contributed by atoms with Gasteiger partial charge in [-0.1, -0.05) is 0 Å². The molecule has 0 unspecified atom stereocenters. The molecule has 1 fully saturated rings. The fourth-order valence-corrected chi connectivity index (χ4v) is 2.56. The minimum atomic E-state index is 0.0890. The maximum atomic E-state index is 9.13. The largest absolute Gasteiger partial charge is 0.497 e. The average molecular weight is 275 g/mol. The number of nitrogens with one attached hydrogen (secondary N) is 1. The standard InChI is InChI=1S/C15H21N3O2/c1-19-13-9-12(10-14(11-13)20-2)15(3-4-16)18-7-5-17-6-8-18/h9-11,15,17H,3,5-8H2,1-2H3/t15-/m1/s1. The number of hydrogen-bond acceptors (Lipinski definition) is 5. The van der Waals surface area contributed by atoms with E-state index >= 15 is 0 Å². The lowest BCUT2D eigenvalue weighted by molar-refractivity contribution is 0.175. The molecule has 1 aliphatic rings. The third-order valence-electron chi connectivity index (χ3n) is 3.64. The van der Waals surface area contributed by atoms with Crippen molar-refractivity contribution in [2.45, 2.75) is 12.5 Å². The van der Waals surface area contributed by atoms with Crippen LogP contribution in [0.3, 0.4) is 0 Å². The lowest BCUT2D eigenvalue weighted by atomic mass is 10.0. The molecule has 0 aromatic heterocycles. The van der Waals surface area contributed by atoms with Gasteiger partial charge in [0, 0.05) is 38.3 Å². The van der Waals surface area contributed by atoms with Crippen LogP contribution in [0.4, 0.5) is 0 Å². The smallest absolute Gasteiger partial charge is 0.122 e. The van der Waals surface area contributed by atoms with Crippen LogP contribution in [0.5, 0.6) is 11.5 Å². The Bertz CT molecular complexity index is 456. The number of rotatable bonds is 5. The highest BCUT2D eigenvalue weighted by molar-refractivity contribution is 5.40. The zero-order valence-electron chi connectivity index (χ0n) is 12.1. The molecule has 20 heavy (non-hydrogen) atoms. The van der Waals surface area contributed by atoms with E-state index in [1.165, 1.54) is 0 Å². The van der Waals surface area contributed by atoms with Crippen molar-refractivity contribution in [1.29, 1.82) is 5.26 Å². The molecule has 1 N–H and O–H groups in total. The summed E-state index contributed by atoms with van der Waals surface area (Å²) in [5.74, 6) is 1.52. The van der Waals surface area contributed by atoms with Crippen molar-refractivity contribution in [3.05, 3.63) is 23.8 Å². The quantitative estimate of drug-likeness (QED) is 0.884. The van der Waals surface area contributed by atoms with Crippen molar-refractivity contribution >= 4 is 0 Å². The van der Waals surface area contributed by atoms with Gasteiger partial charge in [-0.15, -0.1) is 0 Å². The molecule has 0 aliphatic carbocycles. The van der Waals surface area contributed by atoms with Crippen molar-refractivity contribution in [2.24, 2.45) is 0 Å². The Hall–Kier alpha value is -1.77. The van der Waals surface area contributed by atoms with Gasteiger partial charge >= 0.3 is 0 Å². The van der Waals surface area contributed by atoms with Crippen molar-refractivity contribution in [1.82, 2.24) is 10.2 Å². The Balaban J connectivity index is 2.30. The zero-order valence-corrected chi connectivity index (χ0v) is 12.1. The molecule has 1 heterocycles. The normalized spacial score (nSPS) is 17.2. The van der Waals surface area contributed by atoms with Crippen molar-refractivity contribution in [3.8, 4) is 17.6 Å². The summed E-state index contributed by atoms with van der Waals surface area (Å²) in [5, 5.41) is 12.5. The summed E-state index contributed by atoms with van der Waals surface area (Å²) in [4.78, 5) is 2.34. The molecule has 1 saturated heterocycles. The van der Waals surface area contributed by atoms with E-state index in [1.54, 1.807) is 14.2 Å². The molecule has 0 amide bonds. The molecule has 0 spiro atoms. The molecule has 5 heteroatoms. The highest BCUT2D eigenvalue weighted by atomic mass is 16.5. The van der Waals surface area contributed by atoms with Crippen LogP contribution in [-0.2, 0) is 0 Å². The first-order valence-electron chi connectivity index (χ1n) is 6.83. The topological polar surface area (TPSA) is 57.5 Å². The second-order valence-corrected chi connectivity index (χ2v) is 4.81. The predicted molar refractivity (Wildman–Crippen MR) is 77.0 cm³/mol. The van der Waals surface area contributed by atoms with E-state index in [4.69, 9.17) is 14.7 Å². The van der Waals surface area contributed by atoms with E-state index in [1.807, 2.05) is 18.2 Å². The molecule has 108 valence electrons. The Morgan fingerprint density at radius 1 is 1.20 bits per heavy atom. The second kappa shape index (κ2) is 7.13. The number of nitrogens with zero attached hydrogens (tertiary/aromatic N) is 2. The molecule has 1 aromatic rings. The van der Waals surface area contributed by atoms with Gasteiger partial charge in [-0.25, -0.2) is 0 Å². The van der Waals surface area contributed by atoms with Gasteiger partial charge < -0.3 is 14.8 Å². The summed E-state index contributed by atoms with van der Waals surface area (Å²) in [7, 11) is 3.28. The van der Waals surface area contributed by atoms with Gasteiger partial charge in [0.25, 0.3) is 0 Å². The number of hydrogen-bond donors (Lipinski definition) is 1. The van der Waals surface area contributed by atoms with Gasteiger partial charge in [0.2, 0.25) is 0 Å². The number of methoxy groups -OCH3 is 2. The summed E-state index contributed by atoms with van der Waals surface area (Å²) < 4.78 is 10.6. The number of ether oxygens (including phenoxy) is 2. The highest BCUT2D eigenvalue weighted by Gasteiger charge is 2.23. The SMILES string of the molecule is COc1cc(OC)cc([C@@H](CC#N)N2CCNCC2)c1. The van der Waals surface area contributed by atoms with Crippen LogP contribution < -0.4 is 14.8 Å². The molecule has 1 atom stereocenters. The van der Waals surface area contributed by atoms with E-state index in [2.05, 4.69) is 16.3 Å². The average Bonchev–Trinajstić information content (AvgIpc) is 2.52. The summed E-state index contributed by atoms with van der Waals surface area (Å²) in [6.07, 6.45) is 0.469. The minimum absolute atomic E-state index is 0.0890. The van der Waals surface area contributed by atoms with Crippen LogP contribution in [0.25, 0.3) is 0 Å². The fourth-order valence-electron chi connectivity index (χ4n) is 2.56. The number of piperazine rings is 1. The Morgan fingerprint density at radius 2 is 1.80 bits per heavy atom. The highest BCUT2D eigenvalue weighted by Crippen LogP contribution is 2.31. The monoisotopic (exact) mass is 275 g/mol. The fraction of sp³-hybridized carbons (Fsp3) is 0.533. The molecule has 0 radical (unpaired) electrons. The molecule has 1 aliphatic heterocycles. The van der Waals surface area contributed by atoms with Gasteiger partial charge in [0.15, 0.2) is 0 Å². The summed E-state index contributed by atoms with van der Waals surface area (Å²) in [6, 6.07) is 8.22. The third kappa shape index (κ3) is 3.41.